The summed E-state index contributed by atoms with van der Waals surface area (Å²) in [5, 5.41) is 6.31. The molecule has 0 bridgehead atoms. The van der Waals surface area contributed by atoms with Crippen molar-refractivity contribution in [3.8, 4) is 0 Å². The van der Waals surface area contributed by atoms with Crippen LogP contribution >= 0.6 is 0 Å². The van der Waals surface area contributed by atoms with E-state index >= 15 is 0 Å². The predicted molar refractivity (Wildman–Crippen MR) is 121 cm³/mol. The van der Waals surface area contributed by atoms with Crippen LogP contribution in [-0.2, 0) is 16.0 Å². The molecule has 1 aliphatic carbocycles. The van der Waals surface area contributed by atoms with Crippen LogP contribution in [0.25, 0.3) is 0 Å². The van der Waals surface area contributed by atoms with Crippen molar-refractivity contribution in [2.45, 2.75) is 44.2 Å². The van der Waals surface area contributed by atoms with E-state index in [4.69, 9.17) is 4.74 Å². The fourth-order valence-electron chi connectivity index (χ4n) is 4.75. The Morgan fingerprint density at radius 1 is 1.00 bits per heavy atom. The number of hydrogen-bond acceptors (Lipinski definition) is 4. The van der Waals surface area contributed by atoms with Gasteiger partial charge in [-0.15, -0.1) is 0 Å². The van der Waals surface area contributed by atoms with Crippen molar-refractivity contribution in [1.29, 1.82) is 0 Å². The molecule has 1 atom stereocenters. The number of nitrogens with one attached hydrogen (secondary N) is 2. The molecule has 2 aromatic carbocycles. The minimum atomic E-state index is -0.0755. The number of benzene rings is 2. The number of rotatable bonds is 6. The van der Waals surface area contributed by atoms with Gasteiger partial charge in [-0.05, 0) is 55.4 Å². The predicted octanol–water partition coefficient (Wildman–Crippen LogP) is 3.23. The van der Waals surface area contributed by atoms with Gasteiger partial charge in [-0.1, -0.05) is 36.4 Å². The van der Waals surface area contributed by atoms with Gasteiger partial charge in [0.2, 0.25) is 5.91 Å². The average molecular weight is 422 g/mol. The van der Waals surface area contributed by atoms with E-state index < -0.39 is 0 Å². The van der Waals surface area contributed by atoms with Crippen LogP contribution in [0.2, 0.25) is 0 Å². The minimum Gasteiger partial charge on any atom is -0.375 e. The van der Waals surface area contributed by atoms with E-state index in [1.54, 1.807) is 0 Å². The highest BCUT2D eigenvalue weighted by Crippen LogP contribution is 2.31. The lowest BCUT2D eigenvalue weighted by Gasteiger charge is -2.35. The summed E-state index contributed by atoms with van der Waals surface area (Å²) >= 11 is 0. The van der Waals surface area contributed by atoms with E-state index in [-0.39, 0.29) is 30.5 Å². The number of piperidine rings is 1. The van der Waals surface area contributed by atoms with Crippen LogP contribution < -0.4 is 15.5 Å². The first-order valence-electron chi connectivity index (χ1n) is 11.2. The molecule has 1 saturated heterocycles. The van der Waals surface area contributed by atoms with Gasteiger partial charge in [0.1, 0.15) is 6.61 Å². The SMILES string of the molecule is COCC(=O)NC1CCN(c2ccccc2C(=O)NC2CCCc3ccccc32)CC1. The third kappa shape index (κ3) is 5.07. The zero-order valence-electron chi connectivity index (χ0n) is 18.1. The van der Waals surface area contributed by atoms with E-state index in [1.807, 2.05) is 30.3 Å². The van der Waals surface area contributed by atoms with Gasteiger partial charge in [-0.25, -0.2) is 0 Å². The highest BCUT2D eigenvalue weighted by Gasteiger charge is 2.26. The van der Waals surface area contributed by atoms with E-state index in [0.29, 0.717) is 5.56 Å². The molecule has 6 heteroatoms. The fourth-order valence-corrected chi connectivity index (χ4v) is 4.75. The van der Waals surface area contributed by atoms with Crippen molar-refractivity contribution in [1.82, 2.24) is 10.6 Å². The second-order valence-electron chi connectivity index (χ2n) is 8.40. The summed E-state index contributed by atoms with van der Waals surface area (Å²) in [6.45, 7) is 1.69. The highest BCUT2D eigenvalue weighted by atomic mass is 16.5. The van der Waals surface area contributed by atoms with E-state index in [1.165, 1.54) is 18.2 Å². The van der Waals surface area contributed by atoms with Crippen molar-refractivity contribution < 1.29 is 14.3 Å². The molecule has 164 valence electrons. The van der Waals surface area contributed by atoms with Crippen molar-refractivity contribution >= 4 is 17.5 Å². The molecule has 2 amide bonds. The molecular formula is C25H31N3O3. The Morgan fingerprint density at radius 2 is 1.74 bits per heavy atom. The maximum absolute atomic E-state index is 13.3. The molecule has 1 heterocycles. The summed E-state index contributed by atoms with van der Waals surface area (Å²) in [5.41, 5.74) is 4.26. The number of carbonyl (C=O) groups excluding carboxylic acids is 2. The van der Waals surface area contributed by atoms with Gasteiger partial charge < -0.3 is 20.3 Å². The molecule has 0 aromatic heterocycles. The lowest BCUT2D eigenvalue weighted by atomic mass is 9.87. The summed E-state index contributed by atoms with van der Waals surface area (Å²) in [6.07, 6.45) is 4.83. The molecule has 1 aliphatic heterocycles. The van der Waals surface area contributed by atoms with Gasteiger partial charge in [-0.3, -0.25) is 9.59 Å². The Morgan fingerprint density at radius 3 is 2.55 bits per heavy atom. The molecule has 1 unspecified atom stereocenters. The average Bonchev–Trinajstić information content (AvgIpc) is 2.80. The Kier molecular flexibility index (Phi) is 6.87. The fraction of sp³-hybridized carbons (Fsp3) is 0.440. The van der Waals surface area contributed by atoms with Gasteiger partial charge >= 0.3 is 0 Å². The summed E-state index contributed by atoms with van der Waals surface area (Å²) < 4.78 is 4.90. The molecule has 6 nitrogen and oxygen atoms in total. The number of aryl methyl sites for hydroxylation is 1. The quantitative estimate of drug-likeness (QED) is 0.751. The third-order valence-electron chi connectivity index (χ3n) is 6.30. The number of anilines is 1. The Labute approximate surface area is 184 Å². The zero-order chi connectivity index (χ0) is 21.6. The van der Waals surface area contributed by atoms with E-state index in [0.717, 1.165) is 50.9 Å². The number of para-hydroxylation sites is 1. The molecule has 0 radical (unpaired) electrons. The van der Waals surface area contributed by atoms with Gasteiger partial charge in [-0.2, -0.15) is 0 Å². The van der Waals surface area contributed by atoms with Gasteiger partial charge in [0, 0.05) is 31.9 Å². The smallest absolute Gasteiger partial charge is 0.253 e. The number of methoxy groups -OCH3 is 1. The number of hydrogen-bond donors (Lipinski definition) is 2. The number of fused-ring (bicyclic) bond motifs is 1. The van der Waals surface area contributed by atoms with Crippen LogP contribution in [0.1, 0.15) is 53.2 Å². The van der Waals surface area contributed by atoms with Crippen LogP contribution in [-0.4, -0.2) is 44.7 Å². The summed E-state index contributed by atoms with van der Waals surface area (Å²) in [5.74, 6) is -0.0960. The Bertz CT molecular complexity index is 922. The summed E-state index contributed by atoms with van der Waals surface area (Å²) in [6, 6.07) is 16.5. The molecule has 1 fully saturated rings. The summed E-state index contributed by atoms with van der Waals surface area (Å²) in [7, 11) is 1.52. The molecule has 2 N–H and O–H groups in total. The van der Waals surface area contributed by atoms with E-state index in [9.17, 15) is 9.59 Å². The van der Waals surface area contributed by atoms with Gasteiger partial charge in [0.05, 0.1) is 11.6 Å². The monoisotopic (exact) mass is 421 g/mol. The first-order chi connectivity index (χ1) is 15.2. The molecule has 0 spiro atoms. The van der Waals surface area contributed by atoms with Crippen LogP contribution in [0.5, 0.6) is 0 Å². The Balaban J connectivity index is 1.42. The van der Waals surface area contributed by atoms with Gasteiger partial charge in [0.15, 0.2) is 0 Å². The molecule has 0 saturated carbocycles. The molecule has 2 aromatic rings. The van der Waals surface area contributed by atoms with Crippen molar-refractivity contribution in [2.75, 3.05) is 31.7 Å². The molecule has 31 heavy (non-hydrogen) atoms. The first-order valence-corrected chi connectivity index (χ1v) is 11.2. The Hall–Kier alpha value is -2.86. The zero-order valence-corrected chi connectivity index (χ0v) is 18.1. The lowest BCUT2D eigenvalue weighted by molar-refractivity contribution is -0.125. The highest BCUT2D eigenvalue weighted by molar-refractivity contribution is 6.00. The minimum absolute atomic E-state index is 0.0205. The number of ether oxygens (including phenoxy) is 1. The summed E-state index contributed by atoms with van der Waals surface area (Å²) in [4.78, 5) is 27.3. The standard InChI is InChI=1S/C25H31N3O3/c1-31-17-24(29)26-19-13-15-28(16-14-19)23-12-5-4-10-21(23)25(30)27-22-11-6-8-18-7-2-3-9-20(18)22/h2-5,7,9-10,12,19,22H,6,8,11,13-17H2,1H3,(H,26,29)(H,27,30). The number of amides is 2. The number of carbonyl (C=O) groups is 2. The molecular weight excluding hydrogens is 390 g/mol. The van der Waals surface area contributed by atoms with Crippen molar-refractivity contribution in [2.24, 2.45) is 0 Å². The second kappa shape index (κ2) is 9.96. The maximum atomic E-state index is 13.3. The van der Waals surface area contributed by atoms with Crippen molar-refractivity contribution in [3.05, 3.63) is 65.2 Å². The lowest BCUT2D eigenvalue weighted by Crippen LogP contribution is -2.46. The van der Waals surface area contributed by atoms with Gasteiger partial charge in [0.25, 0.3) is 5.91 Å². The topological polar surface area (TPSA) is 70.7 Å². The van der Waals surface area contributed by atoms with Crippen LogP contribution in [0, 0.1) is 0 Å². The first kappa shape index (κ1) is 21.4. The third-order valence-corrected chi connectivity index (χ3v) is 6.30. The van der Waals surface area contributed by atoms with Crippen LogP contribution in [0.15, 0.2) is 48.5 Å². The van der Waals surface area contributed by atoms with E-state index in [2.05, 4.69) is 33.7 Å². The largest absolute Gasteiger partial charge is 0.375 e. The second-order valence-corrected chi connectivity index (χ2v) is 8.40. The van der Waals surface area contributed by atoms with Crippen LogP contribution in [0.3, 0.4) is 0 Å². The number of nitrogens with zero attached hydrogens (tertiary/aromatic N) is 1. The van der Waals surface area contributed by atoms with Crippen molar-refractivity contribution in [3.63, 3.8) is 0 Å². The maximum Gasteiger partial charge on any atom is 0.253 e. The molecule has 4 rings (SSSR count). The van der Waals surface area contributed by atoms with Crippen LogP contribution in [0.4, 0.5) is 5.69 Å². The normalized spacial score (nSPS) is 18.9. The molecule has 2 aliphatic rings.